The molecule has 2 heterocycles. The molecule has 0 aliphatic carbocycles. The molecule has 0 fully saturated rings. The highest BCUT2D eigenvalue weighted by atomic mass is 16.3. The van der Waals surface area contributed by atoms with Crippen LogP contribution in [-0.4, -0.2) is 0 Å². The molecule has 0 saturated heterocycles. The molecule has 0 bridgehead atoms. The maximum Gasteiger partial charge on any atom is 0.216 e. The Kier molecular flexibility index (Phi) is 5.66. The summed E-state index contributed by atoms with van der Waals surface area (Å²) in [6.45, 7) is 8.90. The van der Waals surface area contributed by atoms with Crippen molar-refractivity contribution in [2.75, 3.05) is 0 Å². The minimum absolute atomic E-state index is 0.163. The lowest BCUT2D eigenvalue weighted by Gasteiger charge is -2.18. The largest absolute Gasteiger partial charge is 0.454 e. The van der Waals surface area contributed by atoms with Gasteiger partial charge in [-0.15, -0.1) is 0 Å². The van der Waals surface area contributed by atoms with Gasteiger partial charge in [0.2, 0.25) is 5.69 Å². The molecule has 0 N–H and O–H groups in total. The summed E-state index contributed by atoms with van der Waals surface area (Å²) < 4.78 is 18.5. The van der Waals surface area contributed by atoms with Crippen LogP contribution in [0.2, 0.25) is 0 Å². The van der Waals surface area contributed by atoms with Gasteiger partial charge in [0.1, 0.15) is 18.2 Å². The molecule has 0 amide bonds. The van der Waals surface area contributed by atoms with Crippen LogP contribution in [0.5, 0.6) is 0 Å². The normalized spacial score (nSPS) is 12.3. The summed E-state index contributed by atoms with van der Waals surface area (Å²) in [4.78, 5) is 0. The van der Waals surface area contributed by atoms with E-state index in [0.29, 0.717) is 22.8 Å². The Bertz CT molecular complexity index is 2300. The molecule has 204 valence electrons. The van der Waals surface area contributed by atoms with Crippen molar-refractivity contribution in [1.82, 2.24) is 0 Å². The highest BCUT2D eigenvalue weighted by Crippen LogP contribution is 2.44. The molecule has 0 radical (unpaired) electrons. The van der Waals surface area contributed by atoms with Crippen molar-refractivity contribution < 1.29 is 10.4 Å². The third kappa shape index (κ3) is 4.14. The Balaban J connectivity index is 1.60. The molecule has 0 spiro atoms. The number of nitriles is 1. The fraction of sp³-hybridized carbons (Fsp3) is 0.179. The number of furan rings is 1. The van der Waals surface area contributed by atoms with E-state index in [0.717, 1.165) is 66.7 Å². The van der Waals surface area contributed by atoms with Gasteiger partial charge >= 0.3 is 0 Å². The average Bonchev–Trinajstić information content (AvgIpc) is 3.36. The Morgan fingerprint density at radius 2 is 1.48 bits per heavy atom. The fourth-order valence-electron chi connectivity index (χ4n) is 6.41. The van der Waals surface area contributed by atoms with Gasteiger partial charge in [0, 0.05) is 28.5 Å². The summed E-state index contributed by atoms with van der Waals surface area (Å²) in [5, 5.41) is 16.2. The van der Waals surface area contributed by atoms with E-state index >= 15 is 0 Å². The van der Waals surface area contributed by atoms with Crippen molar-refractivity contribution in [3.05, 3.63) is 114 Å². The number of rotatable bonds is 3. The maximum atomic E-state index is 10.4. The second-order valence-electron chi connectivity index (χ2n) is 12.6. The van der Waals surface area contributed by atoms with Crippen molar-refractivity contribution in [2.24, 2.45) is 12.5 Å². The first kappa shape index (κ1) is 24.8. The van der Waals surface area contributed by atoms with Gasteiger partial charge in [0.05, 0.1) is 18.6 Å². The first-order valence-electron chi connectivity index (χ1n) is 14.9. The number of fused-ring (bicyclic) bond motifs is 6. The molecule has 0 saturated carbocycles. The third-order valence-corrected chi connectivity index (χ3v) is 8.27. The van der Waals surface area contributed by atoms with Crippen LogP contribution in [0.15, 0.2) is 102 Å². The van der Waals surface area contributed by atoms with Crippen LogP contribution in [0.3, 0.4) is 0 Å². The average molecular weight is 547 g/mol. The van der Waals surface area contributed by atoms with E-state index in [4.69, 9.17) is 4.42 Å². The highest BCUT2D eigenvalue weighted by molar-refractivity contribution is 6.19. The van der Waals surface area contributed by atoms with Crippen molar-refractivity contribution in [3.63, 3.8) is 0 Å². The number of hydrogen-bond acceptors (Lipinski definition) is 2. The van der Waals surface area contributed by atoms with Crippen molar-refractivity contribution in [1.29, 1.82) is 5.26 Å². The SMILES string of the molecule is [2H]c1c(-c2c(C#N)ccc3c2oc2c(-c4cc(CC(C)(C)C)cc[n+]4C)c(C)ccc23)c2ccccc2c2ccccc12. The van der Waals surface area contributed by atoms with Crippen LogP contribution in [-0.2, 0) is 13.5 Å². The number of benzene rings is 5. The Morgan fingerprint density at radius 1 is 0.810 bits per heavy atom. The minimum atomic E-state index is 0.163. The predicted molar refractivity (Wildman–Crippen MR) is 173 cm³/mol. The second-order valence-corrected chi connectivity index (χ2v) is 12.6. The minimum Gasteiger partial charge on any atom is -0.454 e. The van der Waals surface area contributed by atoms with E-state index in [1.165, 1.54) is 5.56 Å². The van der Waals surface area contributed by atoms with E-state index in [1.807, 2.05) is 48.5 Å². The summed E-state index contributed by atoms with van der Waals surface area (Å²) in [6.07, 6.45) is 3.09. The van der Waals surface area contributed by atoms with E-state index in [2.05, 4.69) is 88.0 Å². The molecule has 0 atom stereocenters. The first-order chi connectivity index (χ1) is 20.7. The number of pyridine rings is 1. The van der Waals surface area contributed by atoms with Gasteiger partial charge in [0.15, 0.2) is 6.20 Å². The molecule has 0 unspecified atom stereocenters. The number of hydrogen-bond donors (Lipinski definition) is 0. The molecule has 3 heteroatoms. The first-order valence-corrected chi connectivity index (χ1v) is 14.4. The van der Waals surface area contributed by atoms with Gasteiger partial charge in [-0.2, -0.15) is 5.26 Å². The molecular weight excluding hydrogens is 512 g/mol. The topological polar surface area (TPSA) is 40.8 Å². The fourth-order valence-corrected chi connectivity index (χ4v) is 6.41. The zero-order chi connectivity index (χ0) is 30.0. The molecule has 42 heavy (non-hydrogen) atoms. The standard InChI is InChI=1S/C39H33N2O/c1-24-14-16-31-32-17-15-27(23-40)36(33-21-26-10-6-7-11-28(26)29-12-8-9-13-30(29)33)38(32)42-37(31)35(24)34-20-25(18-19-41(34)5)22-39(2,3)4/h6-21H,22H2,1-5H3/q+1/i21D. The van der Waals surface area contributed by atoms with Crippen LogP contribution < -0.4 is 4.57 Å². The van der Waals surface area contributed by atoms with Gasteiger partial charge in [-0.25, -0.2) is 4.57 Å². The summed E-state index contributed by atoms with van der Waals surface area (Å²) >= 11 is 0. The van der Waals surface area contributed by atoms with Gasteiger partial charge in [-0.05, 0) is 75.2 Å². The van der Waals surface area contributed by atoms with Crippen LogP contribution >= 0.6 is 0 Å². The molecule has 5 aromatic carbocycles. The Morgan fingerprint density at radius 3 is 2.21 bits per heavy atom. The van der Waals surface area contributed by atoms with Gasteiger partial charge in [0.25, 0.3) is 0 Å². The Hall–Kier alpha value is -4.94. The van der Waals surface area contributed by atoms with Crippen LogP contribution in [0.25, 0.3) is 65.9 Å². The van der Waals surface area contributed by atoms with Crippen molar-refractivity contribution >= 4 is 43.5 Å². The number of aryl methyl sites for hydroxylation is 2. The molecule has 0 aliphatic heterocycles. The van der Waals surface area contributed by atoms with Gasteiger partial charge in [-0.1, -0.05) is 81.4 Å². The number of aromatic nitrogens is 1. The van der Waals surface area contributed by atoms with Crippen molar-refractivity contribution in [3.8, 4) is 28.5 Å². The zero-order valence-corrected chi connectivity index (χ0v) is 24.7. The molecule has 7 aromatic rings. The zero-order valence-electron chi connectivity index (χ0n) is 25.7. The smallest absolute Gasteiger partial charge is 0.216 e. The number of nitrogens with zero attached hydrogens (tertiary/aromatic N) is 2. The highest BCUT2D eigenvalue weighted by Gasteiger charge is 2.25. The molecular formula is C39H33N2O+. The van der Waals surface area contributed by atoms with Gasteiger partial charge < -0.3 is 4.42 Å². The third-order valence-electron chi connectivity index (χ3n) is 8.27. The Labute approximate surface area is 247 Å². The van der Waals surface area contributed by atoms with Gasteiger partial charge in [-0.3, -0.25) is 0 Å². The summed E-state index contributed by atoms with van der Waals surface area (Å²) in [5.41, 5.74) is 8.04. The van der Waals surface area contributed by atoms with Crippen LogP contribution in [0.1, 0.15) is 38.8 Å². The van der Waals surface area contributed by atoms with E-state index in [1.54, 1.807) is 0 Å². The summed E-state index contributed by atoms with van der Waals surface area (Å²) in [7, 11) is 2.07. The lowest BCUT2D eigenvalue weighted by Crippen LogP contribution is -2.31. The second kappa shape index (κ2) is 9.57. The molecule has 7 rings (SSSR count). The predicted octanol–water partition coefficient (Wildman–Crippen LogP) is 9.82. The lowest BCUT2D eigenvalue weighted by atomic mass is 9.87. The quantitative estimate of drug-likeness (QED) is 0.163. The van der Waals surface area contributed by atoms with Crippen LogP contribution in [0, 0.1) is 23.7 Å². The molecule has 2 aromatic heterocycles. The van der Waals surface area contributed by atoms with E-state index in [9.17, 15) is 6.63 Å². The van der Waals surface area contributed by atoms with E-state index < -0.39 is 0 Å². The molecule has 3 nitrogen and oxygen atoms in total. The van der Waals surface area contributed by atoms with E-state index in [-0.39, 0.29) is 5.41 Å². The lowest BCUT2D eigenvalue weighted by molar-refractivity contribution is -0.660. The van der Waals surface area contributed by atoms with Crippen LogP contribution in [0.4, 0.5) is 0 Å². The maximum absolute atomic E-state index is 10.4. The molecule has 0 aliphatic rings. The van der Waals surface area contributed by atoms with Crippen molar-refractivity contribution in [2.45, 2.75) is 34.1 Å². The summed E-state index contributed by atoms with van der Waals surface area (Å²) in [6, 6.07) is 31.6. The summed E-state index contributed by atoms with van der Waals surface area (Å²) in [5.74, 6) is 0. The monoisotopic (exact) mass is 546 g/mol.